The van der Waals surface area contributed by atoms with E-state index in [-0.39, 0.29) is 5.56 Å². The predicted octanol–water partition coefficient (Wildman–Crippen LogP) is 4.30. The standard InChI is InChI=1S/C18H17Cl2NO4S/c1-3-26(24)16-7-5-4-6-13(16)18(23)25-11(2)17(22)21-15-10-12(19)8-9-14(15)20/h4-11H,3H2,1-2H3,(H,21,22)/t11-,26+/m0/s1. The van der Waals surface area contributed by atoms with Crippen LogP contribution >= 0.6 is 23.2 Å². The number of carbonyl (C=O) groups excluding carboxylic acids is 2. The van der Waals surface area contributed by atoms with E-state index in [9.17, 15) is 13.8 Å². The number of benzene rings is 2. The van der Waals surface area contributed by atoms with E-state index in [1.807, 2.05) is 0 Å². The molecule has 2 aromatic rings. The molecule has 0 heterocycles. The van der Waals surface area contributed by atoms with Crippen LogP contribution in [-0.2, 0) is 20.3 Å². The quantitative estimate of drug-likeness (QED) is 0.716. The lowest BCUT2D eigenvalue weighted by Gasteiger charge is -2.15. The summed E-state index contributed by atoms with van der Waals surface area (Å²) in [5.74, 6) is -0.910. The second-order valence-electron chi connectivity index (χ2n) is 5.29. The van der Waals surface area contributed by atoms with Crippen molar-refractivity contribution in [3.8, 4) is 0 Å². The Hall–Kier alpha value is -1.89. The Bertz CT molecular complexity index is 857. The van der Waals surface area contributed by atoms with Crippen molar-refractivity contribution < 1.29 is 18.5 Å². The summed E-state index contributed by atoms with van der Waals surface area (Å²) in [5.41, 5.74) is 0.493. The Balaban J connectivity index is 2.11. The molecule has 0 spiro atoms. The third kappa shape index (κ3) is 5.06. The molecule has 0 unspecified atom stereocenters. The fourth-order valence-corrected chi connectivity index (χ4v) is 3.37. The van der Waals surface area contributed by atoms with Gasteiger partial charge in [0.2, 0.25) is 0 Å². The van der Waals surface area contributed by atoms with Gasteiger partial charge in [-0.2, -0.15) is 0 Å². The number of amides is 1. The van der Waals surface area contributed by atoms with Crippen LogP contribution in [0.1, 0.15) is 24.2 Å². The van der Waals surface area contributed by atoms with Gasteiger partial charge in [0.05, 0.1) is 32.0 Å². The number of carbonyl (C=O) groups is 2. The summed E-state index contributed by atoms with van der Waals surface area (Å²) in [4.78, 5) is 25.0. The maximum atomic E-state index is 12.4. The largest absolute Gasteiger partial charge is 0.449 e. The minimum Gasteiger partial charge on any atom is -0.449 e. The molecule has 0 radical (unpaired) electrons. The van der Waals surface area contributed by atoms with Crippen molar-refractivity contribution in [2.75, 3.05) is 11.1 Å². The lowest BCUT2D eigenvalue weighted by Crippen LogP contribution is -2.30. The Morgan fingerprint density at radius 2 is 1.88 bits per heavy atom. The normalized spacial score (nSPS) is 12.9. The summed E-state index contributed by atoms with van der Waals surface area (Å²) >= 11 is 11.9. The van der Waals surface area contributed by atoms with Crippen LogP contribution in [0.3, 0.4) is 0 Å². The minimum atomic E-state index is -1.32. The predicted molar refractivity (Wildman–Crippen MR) is 103 cm³/mol. The van der Waals surface area contributed by atoms with Crippen molar-refractivity contribution >= 4 is 51.6 Å². The van der Waals surface area contributed by atoms with E-state index >= 15 is 0 Å². The summed E-state index contributed by atoms with van der Waals surface area (Å²) < 4.78 is 17.3. The van der Waals surface area contributed by atoms with Crippen LogP contribution in [-0.4, -0.2) is 27.9 Å². The first-order valence-electron chi connectivity index (χ1n) is 7.77. The SMILES string of the molecule is CC[S@@](=O)c1ccccc1C(=O)O[C@@H](C)C(=O)Nc1cc(Cl)ccc1Cl. The molecule has 0 saturated heterocycles. The zero-order valence-electron chi connectivity index (χ0n) is 14.1. The molecular formula is C18H17Cl2NO4S. The highest BCUT2D eigenvalue weighted by Gasteiger charge is 2.22. The molecular weight excluding hydrogens is 397 g/mol. The Labute approximate surface area is 164 Å². The number of anilines is 1. The number of hydrogen-bond donors (Lipinski definition) is 1. The smallest absolute Gasteiger partial charge is 0.340 e. The highest BCUT2D eigenvalue weighted by Crippen LogP contribution is 2.25. The molecule has 0 bridgehead atoms. The minimum absolute atomic E-state index is 0.174. The van der Waals surface area contributed by atoms with Crippen LogP contribution in [0.15, 0.2) is 47.4 Å². The van der Waals surface area contributed by atoms with Crippen LogP contribution < -0.4 is 5.32 Å². The molecule has 5 nitrogen and oxygen atoms in total. The average molecular weight is 414 g/mol. The summed E-state index contributed by atoms with van der Waals surface area (Å²) in [6.45, 7) is 3.19. The van der Waals surface area contributed by atoms with E-state index in [1.165, 1.54) is 19.1 Å². The van der Waals surface area contributed by atoms with Crippen LogP contribution in [0.4, 0.5) is 5.69 Å². The van der Waals surface area contributed by atoms with Gasteiger partial charge in [-0.1, -0.05) is 42.3 Å². The van der Waals surface area contributed by atoms with Gasteiger partial charge in [0.25, 0.3) is 5.91 Å². The number of hydrogen-bond acceptors (Lipinski definition) is 4. The molecule has 2 atom stereocenters. The Morgan fingerprint density at radius 3 is 2.58 bits per heavy atom. The van der Waals surface area contributed by atoms with Gasteiger partial charge in [0.15, 0.2) is 6.10 Å². The summed E-state index contributed by atoms with van der Waals surface area (Å²) in [5, 5.41) is 3.28. The molecule has 1 amide bonds. The van der Waals surface area contributed by atoms with Gasteiger partial charge >= 0.3 is 5.97 Å². The van der Waals surface area contributed by atoms with Gasteiger partial charge < -0.3 is 10.1 Å². The molecule has 0 aliphatic rings. The Kier molecular flexibility index (Phi) is 7.20. The van der Waals surface area contributed by atoms with Gasteiger partial charge in [-0.25, -0.2) is 4.79 Å². The van der Waals surface area contributed by atoms with Crippen LogP contribution in [0.5, 0.6) is 0 Å². The molecule has 8 heteroatoms. The lowest BCUT2D eigenvalue weighted by atomic mass is 10.2. The molecule has 2 aromatic carbocycles. The topological polar surface area (TPSA) is 72.5 Å². The lowest BCUT2D eigenvalue weighted by molar-refractivity contribution is -0.123. The first-order valence-corrected chi connectivity index (χ1v) is 9.85. The molecule has 0 aromatic heterocycles. The van der Waals surface area contributed by atoms with Crippen LogP contribution in [0.25, 0.3) is 0 Å². The van der Waals surface area contributed by atoms with Gasteiger partial charge in [0.1, 0.15) is 0 Å². The van der Waals surface area contributed by atoms with Crippen molar-refractivity contribution in [2.45, 2.75) is 24.8 Å². The molecule has 0 fully saturated rings. The van der Waals surface area contributed by atoms with E-state index in [0.29, 0.717) is 26.4 Å². The van der Waals surface area contributed by atoms with Gasteiger partial charge in [-0.3, -0.25) is 9.00 Å². The van der Waals surface area contributed by atoms with Crippen molar-refractivity contribution in [1.29, 1.82) is 0 Å². The molecule has 26 heavy (non-hydrogen) atoms. The fraction of sp³-hybridized carbons (Fsp3) is 0.222. The van der Waals surface area contributed by atoms with Crippen LogP contribution in [0.2, 0.25) is 10.0 Å². The number of ether oxygens (including phenoxy) is 1. The van der Waals surface area contributed by atoms with Crippen molar-refractivity contribution in [2.24, 2.45) is 0 Å². The molecule has 138 valence electrons. The van der Waals surface area contributed by atoms with Crippen molar-refractivity contribution in [3.05, 3.63) is 58.1 Å². The van der Waals surface area contributed by atoms with E-state index in [1.54, 1.807) is 37.3 Å². The zero-order valence-corrected chi connectivity index (χ0v) is 16.5. The first-order chi connectivity index (χ1) is 12.3. The van der Waals surface area contributed by atoms with E-state index in [4.69, 9.17) is 27.9 Å². The van der Waals surface area contributed by atoms with E-state index in [0.717, 1.165) is 0 Å². The number of esters is 1. The highest BCUT2D eigenvalue weighted by molar-refractivity contribution is 7.85. The number of rotatable bonds is 6. The molecule has 1 N–H and O–H groups in total. The van der Waals surface area contributed by atoms with E-state index < -0.39 is 28.8 Å². The highest BCUT2D eigenvalue weighted by atomic mass is 35.5. The zero-order chi connectivity index (χ0) is 19.3. The number of nitrogens with one attached hydrogen (secondary N) is 1. The van der Waals surface area contributed by atoms with Gasteiger partial charge in [0, 0.05) is 10.8 Å². The summed E-state index contributed by atoms with van der Waals surface area (Å²) in [6, 6.07) is 11.1. The molecule has 2 rings (SSSR count). The molecule has 0 aliphatic carbocycles. The second kappa shape index (κ2) is 9.16. The number of halogens is 2. The van der Waals surface area contributed by atoms with Crippen molar-refractivity contribution in [1.82, 2.24) is 0 Å². The first kappa shape index (κ1) is 20.4. The van der Waals surface area contributed by atoms with Crippen LogP contribution in [0, 0.1) is 0 Å². The average Bonchev–Trinajstić information content (AvgIpc) is 2.63. The summed E-state index contributed by atoms with van der Waals surface area (Å²) in [7, 11) is -1.32. The molecule has 0 saturated carbocycles. The third-order valence-electron chi connectivity index (χ3n) is 3.45. The summed E-state index contributed by atoms with van der Waals surface area (Å²) in [6.07, 6.45) is -1.08. The maximum Gasteiger partial charge on any atom is 0.340 e. The van der Waals surface area contributed by atoms with Crippen molar-refractivity contribution in [3.63, 3.8) is 0 Å². The monoisotopic (exact) mass is 413 g/mol. The fourth-order valence-electron chi connectivity index (χ4n) is 2.09. The second-order valence-corrected chi connectivity index (χ2v) is 7.84. The van der Waals surface area contributed by atoms with Gasteiger partial charge in [-0.05, 0) is 37.3 Å². The van der Waals surface area contributed by atoms with Gasteiger partial charge in [-0.15, -0.1) is 0 Å². The maximum absolute atomic E-state index is 12.4. The molecule has 0 aliphatic heterocycles. The van der Waals surface area contributed by atoms with E-state index in [2.05, 4.69) is 5.32 Å². The third-order valence-corrected chi connectivity index (χ3v) is 5.39. The Morgan fingerprint density at radius 1 is 1.19 bits per heavy atom.